The van der Waals surface area contributed by atoms with Crippen LogP contribution < -0.4 is 10.2 Å². The number of ketones is 1. The average Bonchev–Trinajstić information content (AvgIpc) is 3.19. The van der Waals surface area contributed by atoms with E-state index in [4.69, 9.17) is 0 Å². The molecule has 148 valence electrons. The summed E-state index contributed by atoms with van der Waals surface area (Å²) in [5.74, 6) is 0.138. The quantitative estimate of drug-likeness (QED) is 0.650. The molecule has 2 aromatic rings. The molecule has 1 heterocycles. The zero-order chi connectivity index (χ0) is 20.2. The maximum absolute atomic E-state index is 11.6. The number of rotatable bonds is 3. The number of benzene rings is 2. The minimum atomic E-state index is 0.138. The number of nitrogens with zero attached hydrogens (tertiary/aromatic N) is 1. The molecule has 0 spiro atoms. The van der Waals surface area contributed by atoms with Crippen LogP contribution in [0.4, 0.5) is 11.4 Å². The van der Waals surface area contributed by atoms with E-state index in [2.05, 4.69) is 62.2 Å². The maximum Gasteiger partial charge on any atom is 0.161 e. The van der Waals surface area contributed by atoms with Gasteiger partial charge >= 0.3 is 0 Å². The third kappa shape index (κ3) is 7.86. The van der Waals surface area contributed by atoms with E-state index in [0.717, 1.165) is 30.0 Å². The van der Waals surface area contributed by atoms with Gasteiger partial charge in [0.25, 0.3) is 0 Å². The van der Waals surface area contributed by atoms with E-state index >= 15 is 0 Å². The summed E-state index contributed by atoms with van der Waals surface area (Å²) in [7, 11) is 1.87. The molecule has 0 saturated carbocycles. The molecule has 27 heavy (non-hydrogen) atoms. The highest BCUT2D eigenvalue weighted by atomic mass is 16.1. The van der Waals surface area contributed by atoms with Gasteiger partial charge in [-0.05, 0) is 51.8 Å². The second-order valence-corrected chi connectivity index (χ2v) is 7.09. The lowest BCUT2D eigenvalue weighted by Crippen LogP contribution is -2.20. The highest BCUT2D eigenvalue weighted by molar-refractivity contribution is 6.00. The number of Topliss-reactive ketones (excluding diaryl/α,β-unsaturated/α-hetero) is 1. The zero-order valence-corrected chi connectivity index (χ0v) is 17.9. The summed E-state index contributed by atoms with van der Waals surface area (Å²) in [5, 5.41) is 3.07. The summed E-state index contributed by atoms with van der Waals surface area (Å²) in [6, 6.07) is 14.5. The summed E-state index contributed by atoms with van der Waals surface area (Å²) in [4.78, 5) is 13.9. The fourth-order valence-corrected chi connectivity index (χ4v) is 2.84. The first-order valence-corrected chi connectivity index (χ1v) is 10.0. The van der Waals surface area contributed by atoms with E-state index < -0.39 is 0 Å². The van der Waals surface area contributed by atoms with Gasteiger partial charge in [-0.2, -0.15) is 0 Å². The number of aryl methyl sites for hydroxylation is 2. The van der Waals surface area contributed by atoms with Crippen molar-refractivity contribution in [1.29, 1.82) is 0 Å². The van der Waals surface area contributed by atoms with Crippen molar-refractivity contribution in [3.63, 3.8) is 0 Å². The highest BCUT2D eigenvalue weighted by Gasteiger charge is 2.17. The molecule has 1 fully saturated rings. The summed E-state index contributed by atoms with van der Waals surface area (Å²) < 4.78 is 0. The predicted octanol–water partition coefficient (Wildman–Crippen LogP) is 6.25. The Morgan fingerprint density at radius 3 is 1.85 bits per heavy atom. The number of anilines is 2. The monoisotopic (exact) mass is 368 g/mol. The van der Waals surface area contributed by atoms with Crippen LogP contribution in [0, 0.1) is 13.8 Å². The topological polar surface area (TPSA) is 32.3 Å². The smallest absolute Gasteiger partial charge is 0.161 e. The fourth-order valence-electron chi connectivity index (χ4n) is 2.84. The summed E-state index contributed by atoms with van der Waals surface area (Å²) in [6.07, 6.45) is 3.70. The Morgan fingerprint density at radius 1 is 0.963 bits per heavy atom. The molecule has 2 aromatic carbocycles. The van der Waals surface area contributed by atoms with E-state index in [1.165, 1.54) is 30.4 Å². The first kappa shape index (κ1) is 22.8. The highest BCUT2D eigenvalue weighted by Crippen LogP contribution is 2.27. The minimum absolute atomic E-state index is 0.138. The van der Waals surface area contributed by atoms with Gasteiger partial charge in [0.2, 0.25) is 0 Å². The van der Waals surface area contributed by atoms with Gasteiger partial charge in [-0.3, -0.25) is 4.79 Å². The van der Waals surface area contributed by atoms with Crippen LogP contribution in [-0.4, -0.2) is 25.9 Å². The van der Waals surface area contributed by atoms with Crippen molar-refractivity contribution in [2.24, 2.45) is 0 Å². The SMILES string of the molecule is CCC.CNc1ccc(N2CCCC2)c(C(C)=O)c1.Cc1ccc(C)cc1. The second-order valence-electron chi connectivity index (χ2n) is 7.09. The largest absolute Gasteiger partial charge is 0.388 e. The van der Waals surface area contributed by atoms with Crippen molar-refractivity contribution in [2.75, 3.05) is 30.4 Å². The zero-order valence-electron chi connectivity index (χ0n) is 17.9. The van der Waals surface area contributed by atoms with E-state index in [1.54, 1.807) is 6.92 Å². The van der Waals surface area contributed by atoms with Gasteiger partial charge in [-0.15, -0.1) is 0 Å². The van der Waals surface area contributed by atoms with Crippen LogP contribution in [0.15, 0.2) is 42.5 Å². The molecular weight excluding hydrogens is 332 g/mol. The van der Waals surface area contributed by atoms with Crippen LogP contribution in [0.2, 0.25) is 0 Å². The molecule has 1 aliphatic heterocycles. The lowest BCUT2D eigenvalue weighted by atomic mass is 10.1. The summed E-state index contributed by atoms with van der Waals surface area (Å²) in [5.41, 5.74) is 5.57. The van der Waals surface area contributed by atoms with Crippen molar-refractivity contribution in [3.8, 4) is 0 Å². The van der Waals surface area contributed by atoms with Crippen LogP contribution in [0.25, 0.3) is 0 Å². The van der Waals surface area contributed by atoms with Crippen LogP contribution in [-0.2, 0) is 0 Å². The Hall–Kier alpha value is -2.29. The van der Waals surface area contributed by atoms with E-state index in [1.807, 2.05) is 25.2 Å². The first-order valence-electron chi connectivity index (χ1n) is 10.0. The number of hydrogen-bond donors (Lipinski definition) is 1. The molecule has 0 amide bonds. The van der Waals surface area contributed by atoms with E-state index in [9.17, 15) is 4.79 Å². The standard InChI is InChI=1S/C13H18N2O.C8H10.C3H8/c1-10(16)12-9-11(14-2)5-6-13(12)15-7-3-4-8-15;1-7-3-5-8(2)6-4-7;1-3-2/h5-6,9,14H,3-4,7-8H2,1-2H3;3-6H,1-2H3;3H2,1-2H3. The van der Waals surface area contributed by atoms with Gasteiger partial charge in [0, 0.05) is 37.1 Å². The molecule has 3 rings (SSSR count). The van der Waals surface area contributed by atoms with E-state index in [-0.39, 0.29) is 5.78 Å². The molecule has 0 bridgehead atoms. The van der Waals surface area contributed by atoms with Crippen molar-refractivity contribution in [1.82, 2.24) is 0 Å². The van der Waals surface area contributed by atoms with Gasteiger partial charge in [0.1, 0.15) is 0 Å². The lowest BCUT2D eigenvalue weighted by Gasteiger charge is -2.21. The number of carbonyl (C=O) groups excluding carboxylic acids is 1. The molecule has 3 nitrogen and oxygen atoms in total. The first-order chi connectivity index (χ1) is 12.9. The van der Waals surface area contributed by atoms with Crippen molar-refractivity contribution in [2.45, 2.75) is 53.9 Å². The molecule has 0 atom stereocenters. The third-order valence-corrected chi connectivity index (χ3v) is 4.33. The normalized spacial score (nSPS) is 12.4. The van der Waals surface area contributed by atoms with Crippen LogP contribution in [0.5, 0.6) is 0 Å². The van der Waals surface area contributed by atoms with Crippen LogP contribution >= 0.6 is 0 Å². The Balaban J connectivity index is 0.000000277. The summed E-state index contributed by atoms with van der Waals surface area (Å²) >= 11 is 0. The third-order valence-electron chi connectivity index (χ3n) is 4.33. The number of hydrogen-bond acceptors (Lipinski definition) is 3. The van der Waals surface area contributed by atoms with Gasteiger partial charge in [-0.25, -0.2) is 0 Å². The van der Waals surface area contributed by atoms with Crippen molar-refractivity contribution >= 4 is 17.2 Å². The average molecular weight is 369 g/mol. The van der Waals surface area contributed by atoms with Gasteiger partial charge in [-0.1, -0.05) is 55.7 Å². The lowest BCUT2D eigenvalue weighted by molar-refractivity contribution is 0.101. The molecule has 3 heteroatoms. The Bertz CT molecular complexity index is 665. The van der Waals surface area contributed by atoms with Crippen molar-refractivity contribution < 1.29 is 4.79 Å². The minimum Gasteiger partial charge on any atom is -0.388 e. The molecule has 1 N–H and O–H groups in total. The van der Waals surface area contributed by atoms with Crippen LogP contribution in [0.3, 0.4) is 0 Å². The Kier molecular flexibility index (Phi) is 10.2. The molecule has 1 aliphatic rings. The molecule has 0 radical (unpaired) electrons. The Morgan fingerprint density at radius 2 is 1.44 bits per heavy atom. The molecule has 0 unspecified atom stereocenters. The number of nitrogens with one attached hydrogen (secondary N) is 1. The van der Waals surface area contributed by atoms with Crippen molar-refractivity contribution in [3.05, 3.63) is 59.2 Å². The second kappa shape index (κ2) is 12.2. The predicted molar refractivity (Wildman–Crippen MR) is 119 cm³/mol. The van der Waals surface area contributed by atoms with Gasteiger partial charge in [0.15, 0.2) is 5.78 Å². The van der Waals surface area contributed by atoms with Crippen LogP contribution in [0.1, 0.15) is 61.5 Å². The number of carbonyl (C=O) groups is 1. The summed E-state index contributed by atoms with van der Waals surface area (Å²) in [6.45, 7) is 12.2. The Labute approximate surface area is 165 Å². The molecule has 0 aliphatic carbocycles. The molecule has 1 saturated heterocycles. The maximum atomic E-state index is 11.6. The van der Waals surface area contributed by atoms with Gasteiger partial charge < -0.3 is 10.2 Å². The van der Waals surface area contributed by atoms with E-state index in [0.29, 0.717) is 0 Å². The van der Waals surface area contributed by atoms with Gasteiger partial charge in [0.05, 0.1) is 0 Å². The molecular formula is C24H36N2O. The fraction of sp³-hybridized carbons (Fsp3) is 0.458. The molecule has 0 aromatic heterocycles.